The van der Waals surface area contributed by atoms with E-state index in [0.717, 1.165) is 25.7 Å². The number of hydrogen-bond acceptors (Lipinski definition) is 6. The molecule has 4 atom stereocenters. The van der Waals surface area contributed by atoms with Crippen LogP contribution in [0.2, 0.25) is 0 Å². The molecule has 1 fully saturated rings. The smallest absolute Gasteiger partial charge is 0.434 e. The fourth-order valence-electron chi connectivity index (χ4n) is 2.30. The van der Waals surface area contributed by atoms with Crippen LogP contribution in [0, 0.1) is 11.8 Å². The molecule has 4 unspecified atom stereocenters. The Morgan fingerprint density at radius 1 is 0.833 bits per heavy atom. The minimum absolute atomic E-state index is 0.298. The second-order valence-electron chi connectivity index (χ2n) is 6.75. The number of carbonyl (C=O) groups is 2. The standard InChI is InChI=1S/C18H32O6/c1-5-13(3)11-21-17(19)23-15-9-7-8-10-16(15)24-18(20)22-12-14(4)6-2/h13-16H,5-12H2,1-4H3. The fraction of sp³-hybridized carbons (Fsp3) is 0.889. The van der Waals surface area contributed by atoms with Gasteiger partial charge in [0.05, 0.1) is 13.2 Å². The maximum atomic E-state index is 11.8. The largest absolute Gasteiger partial charge is 0.508 e. The SMILES string of the molecule is CCC(C)COC(=O)OC1CCCCC1OC(=O)OCC(C)CC. The van der Waals surface area contributed by atoms with Gasteiger partial charge in [-0.05, 0) is 37.5 Å². The molecular weight excluding hydrogens is 312 g/mol. The lowest BCUT2D eigenvalue weighted by Crippen LogP contribution is -2.38. The molecule has 6 heteroatoms. The van der Waals surface area contributed by atoms with Gasteiger partial charge in [0.2, 0.25) is 0 Å². The zero-order valence-corrected chi connectivity index (χ0v) is 15.4. The van der Waals surface area contributed by atoms with E-state index in [1.165, 1.54) is 0 Å². The summed E-state index contributed by atoms with van der Waals surface area (Å²) in [6, 6.07) is 0. The van der Waals surface area contributed by atoms with Gasteiger partial charge in [-0.1, -0.05) is 40.5 Å². The van der Waals surface area contributed by atoms with E-state index in [2.05, 4.69) is 0 Å². The summed E-state index contributed by atoms with van der Waals surface area (Å²) in [5, 5.41) is 0. The van der Waals surface area contributed by atoms with Gasteiger partial charge in [-0.15, -0.1) is 0 Å². The summed E-state index contributed by atoms with van der Waals surface area (Å²) < 4.78 is 20.9. The Bertz CT molecular complexity index is 348. The van der Waals surface area contributed by atoms with Crippen LogP contribution in [-0.4, -0.2) is 37.7 Å². The average molecular weight is 344 g/mol. The van der Waals surface area contributed by atoms with E-state index in [1.807, 2.05) is 27.7 Å². The van der Waals surface area contributed by atoms with E-state index in [1.54, 1.807) is 0 Å². The van der Waals surface area contributed by atoms with E-state index < -0.39 is 24.5 Å². The minimum atomic E-state index is -0.691. The second kappa shape index (κ2) is 11.2. The van der Waals surface area contributed by atoms with Crippen molar-refractivity contribution in [2.45, 2.75) is 78.4 Å². The van der Waals surface area contributed by atoms with Crippen LogP contribution in [0.5, 0.6) is 0 Å². The molecule has 24 heavy (non-hydrogen) atoms. The van der Waals surface area contributed by atoms with Crippen molar-refractivity contribution in [3.8, 4) is 0 Å². The second-order valence-corrected chi connectivity index (χ2v) is 6.75. The monoisotopic (exact) mass is 344 g/mol. The van der Waals surface area contributed by atoms with Crippen molar-refractivity contribution in [2.24, 2.45) is 11.8 Å². The third-order valence-electron chi connectivity index (χ3n) is 4.50. The lowest BCUT2D eigenvalue weighted by molar-refractivity contribution is -0.0738. The quantitative estimate of drug-likeness (QED) is 0.595. The Labute approximate surface area is 145 Å². The predicted molar refractivity (Wildman–Crippen MR) is 89.8 cm³/mol. The zero-order valence-electron chi connectivity index (χ0n) is 15.4. The molecule has 1 rings (SSSR count). The van der Waals surface area contributed by atoms with Crippen LogP contribution >= 0.6 is 0 Å². The normalized spacial score (nSPS) is 23.0. The first kappa shape index (κ1) is 20.6. The molecule has 0 aliphatic heterocycles. The van der Waals surface area contributed by atoms with Crippen LogP contribution in [0.15, 0.2) is 0 Å². The molecular formula is C18H32O6. The molecule has 0 aromatic carbocycles. The molecule has 0 heterocycles. The van der Waals surface area contributed by atoms with Gasteiger partial charge < -0.3 is 18.9 Å². The van der Waals surface area contributed by atoms with Gasteiger partial charge in [-0.25, -0.2) is 9.59 Å². The maximum Gasteiger partial charge on any atom is 0.508 e. The number of rotatable bonds is 8. The number of ether oxygens (including phenoxy) is 4. The molecule has 0 saturated heterocycles. The Balaban J connectivity index is 2.41. The van der Waals surface area contributed by atoms with Crippen LogP contribution in [0.25, 0.3) is 0 Å². The molecule has 0 aromatic rings. The van der Waals surface area contributed by atoms with Gasteiger partial charge in [0.25, 0.3) is 0 Å². The van der Waals surface area contributed by atoms with E-state index in [4.69, 9.17) is 18.9 Å². The molecule has 0 amide bonds. The molecule has 1 aliphatic rings. The van der Waals surface area contributed by atoms with Crippen LogP contribution < -0.4 is 0 Å². The highest BCUT2D eigenvalue weighted by atomic mass is 16.8. The van der Waals surface area contributed by atoms with Gasteiger partial charge in [-0.2, -0.15) is 0 Å². The summed E-state index contributed by atoms with van der Waals surface area (Å²) in [7, 11) is 0. The van der Waals surface area contributed by atoms with Crippen molar-refractivity contribution in [2.75, 3.05) is 13.2 Å². The number of carbonyl (C=O) groups excluding carboxylic acids is 2. The number of hydrogen-bond donors (Lipinski definition) is 0. The Hall–Kier alpha value is -1.46. The van der Waals surface area contributed by atoms with Crippen LogP contribution in [0.3, 0.4) is 0 Å². The lowest BCUT2D eigenvalue weighted by atomic mass is 9.95. The zero-order chi connectivity index (χ0) is 17.9. The highest BCUT2D eigenvalue weighted by Crippen LogP contribution is 2.25. The van der Waals surface area contributed by atoms with Gasteiger partial charge in [0.1, 0.15) is 12.2 Å². The first-order valence-corrected chi connectivity index (χ1v) is 9.13. The van der Waals surface area contributed by atoms with Gasteiger partial charge in [-0.3, -0.25) is 0 Å². The van der Waals surface area contributed by atoms with Gasteiger partial charge in [0, 0.05) is 0 Å². The maximum absolute atomic E-state index is 11.8. The Morgan fingerprint density at radius 2 is 1.21 bits per heavy atom. The molecule has 0 spiro atoms. The molecule has 0 N–H and O–H groups in total. The Kier molecular flexibility index (Phi) is 9.57. The van der Waals surface area contributed by atoms with E-state index >= 15 is 0 Å². The van der Waals surface area contributed by atoms with Gasteiger partial charge in [0.15, 0.2) is 0 Å². The van der Waals surface area contributed by atoms with E-state index in [0.29, 0.717) is 37.9 Å². The highest BCUT2D eigenvalue weighted by molar-refractivity contribution is 5.61. The highest BCUT2D eigenvalue weighted by Gasteiger charge is 2.32. The van der Waals surface area contributed by atoms with Gasteiger partial charge >= 0.3 is 12.3 Å². The van der Waals surface area contributed by atoms with Crippen LogP contribution in [0.1, 0.15) is 66.2 Å². The summed E-state index contributed by atoms with van der Waals surface area (Å²) in [4.78, 5) is 23.6. The summed E-state index contributed by atoms with van der Waals surface area (Å²) in [5.41, 5.74) is 0. The van der Waals surface area contributed by atoms with E-state index in [9.17, 15) is 9.59 Å². The van der Waals surface area contributed by atoms with Crippen molar-refractivity contribution in [3.05, 3.63) is 0 Å². The van der Waals surface area contributed by atoms with Crippen molar-refractivity contribution in [1.82, 2.24) is 0 Å². The predicted octanol–water partition coefficient (Wildman–Crippen LogP) is 4.70. The average Bonchev–Trinajstić information content (AvgIpc) is 2.59. The third-order valence-corrected chi connectivity index (χ3v) is 4.50. The van der Waals surface area contributed by atoms with Crippen molar-refractivity contribution >= 4 is 12.3 Å². The minimum Gasteiger partial charge on any atom is -0.434 e. The summed E-state index contributed by atoms with van der Waals surface area (Å²) in [6.07, 6.45) is 2.78. The van der Waals surface area contributed by atoms with Crippen LogP contribution in [0.4, 0.5) is 9.59 Å². The third kappa shape index (κ3) is 7.88. The molecule has 0 radical (unpaired) electrons. The Morgan fingerprint density at radius 3 is 1.54 bits per heavy atom. The topological polar surface area (TPSA) is 71.1 Å². The van der Waals surface area contributed by atoms with Crippen molar-refractivity contribution < 1.29 is 28.5 Å². The lowest BCUT2D eigenvalue weighted by Gasteiger charge is -2.30. The molecule has 0 aromatic heterocycles. The molecule has 1 saturated carbocycles. The summed E-state index contributed by atoms with van der Waals surface area (Å²) in [5.74, 6) is 0.595. The summed E-state index contributed by atoms with van der Waals surface area (Å²) in [6.45, 7) is 8.76. The summed E-state index contributed by atoms with van der Waals surface area (Å²) >= 11 is 0. The molecule has 0 bridgehead atoms. The fourth-order valence-corrected chi connectivity index (χ4v) is 2.30. The van der Waals surface area contributed by atoms with E-state index in [-0.39, 0.29) is 0 Å². The van der Waals surface area contributed by atoms with Crippen LogP contribution in [-0.2, 0) is 18.9 Å². The molecule has 6 nitrogen and oxygen atoms in total. The molecule has 140 valence electrons. The van der Waals surface area contributed by atoms with Crippen molar-refractivity contribution in [1.29, 1.82) is 0 Å². The first-order chi connectivity index (χ1) is 11.5. The first-order valence-electron chi connectivity index (χ1n) is 9.13. The molecule has 1 aliphatic carbocycles. The van der Waals surface area contributed by atoms with Crippen molar-refractivity contribution in [3.63, 3.8) is 0 Å².